The molecule has 1 amide bonds. The van der Waals surface area contributed by atoms with Crippen LogP contribution in [0.25, 0.3) is 0 Å². The number of nitrogens with one attached hydrogen (secondary N) is 2. The summed E-state index contributed by atoms with van der Waals surface area (Å²) in [4.78, 5) is 12.5. The van der Waals surface area contributed by atoms with Gasteiger partial charge in [0.25, 0.3) is 0 Å². The number of halogens is 1. The SMILES string of the molecule is COc1ccc(NC(=O)C(C)(C)C2CCCNC2)cc1F. The molecular weight excluding hydrogens is 271 g/mol. The molecule has 1 aromatic rings. The minimum absolute atomic E-state index is 0.0826. The van der Waals surface area contributed by atoms with E-state index in [1.54, 1.807) is 6.07 Å². The van der Waals surface area contributed by atoms with Crippen LogP contribution >= 0.6 is 0 Å². The first-order chi connectivity index (χ1) is 9.95. The molecule has 0 aromatic heterocycles. The Bertz CT molecular complexity index is 511. The molecule has 1 aromatic carbocycles. The molecule has 4 nitrogen and oxygen atoms in total. The third-order valence-electron chi connectivity index (χ3n) is 4.31. The molecule has 5 heteroatoms. The van der Waals surface area contributed by atoms with E-state index in [-0.39, 0.29) is 17.6 Å². The van der Waals surface area contributed by atoms with Crippen LogP contribution in [-0.2, 0) is 4.79 Å². The fraction of sp³-hybridized carbons (Fsp3) is 0.562. The topological polar surface area (TPSA) is 50.4 Å². The maximum atomic E-state index is 13.7. The van der Waals surface area contributed by atoms with Gasteiger partial charge >= 0.3 is 0 Å². The number of ether oxygens (including phenoxy) is 1. The highest BCUT2D eigenvalue weighted by atomic mass is 19.1. The first kappa shape index (κ1) is 15.8. The quantitative estimate of drug-likeness (QED) is 0.898. The molecule has 116 valence electrons. The van der Waals surface area contributed by atoms with Crippen LogP contribution in [0.2, 0.25) is 0 Å². The maximum absolute atomic E-state index is 13.7. The number of amides is 1. The van der Waals surface area contributed by atoms with E-state index in [0.717, 1.165) is 25.9 Å². The molecule has 1 saturated heterocycles. The second-order valence-electron chi connectivity index (χ2n) is 6.07. The van der Waals surface area contributed by atoms with Crippen LogP contribution in [0.1, 0.15) is 26.7 Å². The third kappa shape index (κ3) is 3.53. The lowest BCUT2D eigenvalue weighted by Gasteiger charge is -2.36. The number of rotatable bonds is 4. The minimum atomic E-state index is -0.496. The van der Waals surface area contributed by atoms with Gasteiger partial charge in [-0.15, -0.1) is 0 Å². The van der Waals surface area contributed by atoms with E-state index in [2.05, 4.69) is 10.6 Å². The zero-order valence-electron chi connectivity index (χ0n) is 12.8. The molecule has 1 aliphatic heterocycles. The van der Waals surface area contributed by atoms with Crippen molar-refractivity contribution in [1.29, 1.82) is 0 Å². The van der Waals surface area contributed by atoms with Crippen LogP contribution in [-0.4, -0.2) is 26.1 Å². The van der Waals surface area contributed by atoms with Gasteiger partial charge in [0.1, 0.15) is 0 Å². The van der Waals surface area contributed by atoms with Crippen LogP contribution in [0.5, 0.6) is 5.75 Å². The Labute approximate surface area is 125 Å². The predicted octanol–water partition coefficient (Wildman–Crippen LogP) is 2.80. The highest BCUT2D eigenvalue weighted by molar-refractivity contribution is 5.95. The Morgan fingerprint density at radius 1 is 1.48 bits per heavy atom. The lowest BCUT2D eigenvalue weighted by Crippen LogP contribution is -2.44. The normalized spacial score (nSPS) is 19.1. The average molecular weight is 294 g/mol. The van der Waals surface area contributed by atoms with Gasteiger partial charge in [-0.05, 0) is 44.0 Å². The highest BCUT2D eigenvalue weighted by Gasteiger charge is 2.37. The molecular formula is C16H23FN2O2. The zero-order chi connectivity index (χ0) is 15.5. The van der Waals surface area contributed by atoms with Crippen molar-refractivity contribution in [3.8, 4) is 5.75 Å². The van der Waals surface area contributed by atoms with E-state index in [4.69, 9.17) is 4.74 Å². The van der Waals surface area contributed by atoms with Gasteiger partial charge in [0, 0.05) is 17.2 Å². The summed E-state index contributed by atoms with van der Waals surface area (Å²) in [6.45, 7) is 5.75. The van der Waals surface area contributed by atoms with Crippen molar-refractivity contribution >= 4 is 11.6 Å². The van der Waals surface area contributed by atoms with Crippen molar-refractivity contribution in [3.63, 3.8) is 0 Å². The summed E-state index contributed by atoms with van der Waals surface area (Å²) < 4.78 is 18.5. The van der Waals surface area contributed by atoms with Crippen LogP contribution in [0.3, 0.4) is 0 Å². The van der Waals surface area contributed by atoms with E-state index in [9.17, 15) is 9.18 Å². The van der Waals surface area contributed by atoms with E-state index in [0.29, 0.717) is 5.69 Å². The smallest absolute Gasteiger partial charge is 0.230 e. The summed E-state index contributed by atoms with van der Waals surface area (Å²) in [6.07, 6.45) is 2.11. The van der Waals surface area contributed by atoms with Gasteiger partial charge in [0.05, 0.1) is 7.11 Å². The number of carbonyl (C=O) groups excluding carboxylic acids is 1. The Morgan fingerprint density at radius 3 is 2.81 bits per heavy atom. The van der Waals surface area contributed by atoms with Crippen molar-refractivity contribution in [3.05, 3.63) is 24.0 Å². The van der Waals surface area contributed by atoms with Crippen LogP contribution < -0.4 is 15.4 Å². The molecule has 0 saturated carbocycles. The molecule has 0 radical (unpaired) electrons. The first-order valence-corrected chi connectivity index (χ1v) is 7.31. The van der Waals surface area contributed by atoms with Gasteiger partial charge in [-0.2, -0.15) is 0 Å². The summed E-state index contributed by atoms with van der Waals surface area (Å²) >= 11 is 0. The Hall–Kier alpha value is -1.62. The molecule has 1 heterocycles. The summed E-state index contributed by atoms with van der Waals surface area (Å²) in [7, 11) is 1.41. The van der Waals surface area contributed by atoms with Gasteiger partial charge in [-0.3, -0.25) is 4.79 Å². The number of anilines is 1. The second kappa shape index (κ2) is 6.43. The molecule has 21 heavy (non-hydrogen) atoms. The molecule has 2 rings (SSSR count). The second-order valence-corrected chi connectivity index (χ2v) is 6.07. The zero-order valence-corrected chi connectivity index (χ0v) is 12.8. The minimum Gasteiger partial charge on any atom is -0.494 e. The fourth-order valence-electron chi connectivity index (χ4n) is 2.69. The number of piperidine rings is 1. The van der Waals surface area contributed by atoms with Crippen molar-refractivity contribution in [2.24, 2.45) is 11.3 Å². The molecule has 1 aliphatic rings. The van der Waals surface area contributed by atoms with E-state index < -0.39 is 11.2 Å². The van der Waals surface area contributed by atoms with Crippen LogP contribution in [0.4, 0.5) is 10.1 Å². The van der Waals surface area contributed by atoms with E-state index in [1.807, 2.05) is 13.8 Å². The summed E-state index contributed by atoms with van der Waals surface area (Å²) in [5, 5.41) is 6.14. The van der Waals surface area contributed by atoms with Crippen molar-refractivity contribution in [2.75, 3.05) is 25.5 Å². The van der Waals surface area contributed by atoms with Crippen LogP contribution in [0, 0.1) is 17.2 Å². The van der Waals surface area contributed by atoms with Gasteiger partial charge in [-0.25, -0.2) is 4.39 Å². The Balaban J connectivity index is 2.07. The fourth-order valence-corrected chi connectivity index (χ4v) is 2.69. The molecule has 1 unspecified atom stereocenters. The number of benzene rings is 1. The lowest BCUT2D eigenvalue weighted by atomic mass is 9.74. The Kier molecular flexibility index (Phi) is 4.83. The average Bonchev–Trinajstić information content (AvgIpc) is 2.48. The third-order valence-corrected chi connectivity index (χ3v) is 4.31. The van der Waals surface area contributed by atoms with Crippen molar-refractivity contribution in [2.45, 2.75) is 26.7 Å². The Morgan fingerprint density at radius 2 is 2.24 bits per heavy atom. The van der Waals surface area contributed by atoms with Gasteiger partial charge in [0.2, 0.25) is 5.91 Å². The molecule has 0 spiro atoms. The molecule has 1 atom stereocenters. The molecule has 2 N–H and O–H groups in total. The standard InChI is InChI=1S/C16H23FN2O2/c1-16(2,11-5-4-8-18-10-11)15(20)19-12-6-7-14(21-3)13(17)9-12/h6-7,9,11,18H,4-5,8,10H2,1-3H3,(H,19,20). The number of hydrogen-bond donors (Lipinski definition) is 2. The molecule has 1 fully saturated rings. The van der Waals surface area contributed by atoms with Gasteiger partial charge in [0.15, 0.2) is 11.6 Å². The van der Waals surface area contributed by atoms with Crippen molar-refractivity contribution < 1.29 is 13.9 Å². The van der Waals surface area contributed by atoms with Crippen LogP contribution in [0.15, 0.2) is 18.2 Å². The molecule has 0 bridgehead atoms. The van der Waals surface area contributed by atoms with E-state index in [1.165, 1.54) is 19.2 Å². The maximum Gasteiger partial charge on any atom is 0.230 e. The van der Waals surface area contributed by atoms with Crippen molar-refractivity contribution in [1.82, 2.24) is 5.32 Å². The number of hydrogen-bond acceptors (Lipinski definition) is 3. The highest BCUT2D eigenvalue weighted by Crippen LogP contribution is 2.33. The van der Waals surface area contributed by atoms with Gasteiger partial charge < -0.3 is 15.4 Å². The van der Waals surface area contributed by atoms with E-state index >= 15 is 0 Å². The number of methoxy groups -OCH3 is 1. The lowest BCUT2D eigenvalue weighted by molar-refractivity contribution is -0.127. The first-order valence-electron chi connectivity index (χ1n) is 7.31. The summed E-state index contributed by atoms with van der Waals surface area (Å²) in [6, 6.07) is 4.45. The van der Waals surface area contributed by atoms with Gasteiger partial charge in [-0.1, -0.05) is 13.8 Å². The largest absolute Gasteiger partial charge is 0.494 e. The number of carbonyl (C=O) groups is 1. The molecule has 0 aliphatic carbocycles. The predicted molar refractivity (Wildman–Crippen MR) is 81.0 cm³/mol. The summed E-state index contributed by atoms with van der Waals surface area (Å²) in [5.74, 6) is -0.105. The monoisotopic (exact) mass is 294 g/mol. The summed E-state index contributed by atoms with van der Waals surface area (Å²) in [5.41, 5.74) is -0.0424.